The molecule has 2 aromatic carbocycles. The zero-order chi connectivity index (χ0) is 11.4. The van der Waals surface area contributed by atoms with Crippen LogP contribution < -0.4 is 0 Å². The van der Waals surface area contributed by atoms with Crippen LogP contribution in [0.4, 0.5) is 0 Å². The maximum Gasteiger partial charge on any atom is -0.0224 e. The van der Waals surface area contributed by atoms with Crippen LogP contribution in [-0.4, -0.2) is 0 Å². The lowest BCUT2D eigenvalue weighted by atomic mass is 10.0. The Bertz CT molecular complexity index is 493. The van der Waals surface area contributed by atoms with Crippen LogP contribution in [0.5, 0.6) is 0 Å². The molecule has 0 nitrogen and oxygen atoms in total. The normalized spacial score (nSPS) is 10.9. The molecule has 0 N–H and O–H groups in total. The summed E-state index contributed by atoms with van der Waals surface area (Å²) in [5.74, 6) is 0. The lowest BCUT2D eigenvalue weighted by Crippen LogP contribution is -1.84. The van der Waals surface area contributed by atoms with E-state index in [2.05, 4.69) is 68.5 Å². The molecule has 0 aliphatic heterocycles. The zero-order valence-electron chi connectivity index (χ0n) is 9.77. The Morgan fingerprint density at radius 1 is 0.750 bits per heavy atom. The third-order valence-corrected chi connectivity index (χ3v) is 2.90. The molecule has 0 aliphatic carbocycles. The molecule has 80 valence electrons. The van der Waals surface area contributed by atoms with Crippen LogP contribution in [0.25, 0.3) is 12.2 Å². The van der Waals surface area contributed by atoms with Gasteiger partial charge >= 0.3 is 0 Å². The van der Waals surface area contributed by atoms with Gasteiger partial charge in [0.1, 0.15) is 0 Å². The fourth-order valence-corrected chi connectivity index (χ4v) is 1.70. The minimum absolute atomic E-state index is 1.24. The Balaban J connectivity index is 2.28. The van der Waals surface area contributed by atoms with E-state index in [-0.39, 0.29) is 0 Å². The van der Waals surface area contributed by atoms with E-state index in [1.54, 1.807) is 0 Å². The van der Waals surface area contributed by atoms with Gasteiger partial charge in [0.15, 0.2) is 0 Å². The first-order valence-corrected chi connectivity index (χ1v) is 5.57. The highest BCUT2D eigenvalue weighted by molar-refractivity contribution is 5.71. The van der Waals surface area contributed by atoms with Gasteiger partial charge in [0.2, 0.25) is 0 Å². The third kappa shape index (κ3) is 2.40. The number of aryl methyl sites for hydroxylation is 1. The second-order valence-corrected chi connectivity index (χ2v) is 4.03. The molecule has 0 unspecified atom stereocenters. The molecule has 0 bridgehead atoms. The summed E-state index contributed by atoms with van der Waals surface area (Å²) in [4.78, 5) is 0. The highest BCUT2D eigenvalue weighted by Gasteiger charge is 1.95. The number of hydrogen-bond acceptors (Lipinski definition) is 0. The topological polar surface area (TPSA) is 0 Å². The van der Waals surface area contributed by atoms with Crippen molar-refractivity contribution >= 4 is 12.2 Å². The molecule has 0 aromatic heterocycles. The van der Waals surface area contributed by atoms with Crippen molar-refractivity contribution in [1.29, 1.82) is 0 Å². The van der Waals surface area contributed by atoms with Gasteiger partial charge in [0, 0.05) is 0 Å². The number of hydrogen-bond donors (Lipinski definition) is 0. The van der Waals surface area contributed by atoms with Crippen molar-refractivity contribution in [3.05, 3.63) is 70.8 Å². The fraction of sp³-hybridized carbons (Fsp3) is 0.125. The lowest BCUT2D eigenvalue weighted by Gasteiger charge is -2.03. The van der Waals surface area contributed by atoms with Crippen LogP contribution in [0.3, 0.4) is 0 Å². The zero-order valence-corrected chi connectivity index (χ0v) is 9.77. The van der Waals surface area contributed by atoms with E-state index in [1.807, 2.05) is 6.07 Å². The molecule has 0 spiro atoms. The molecule has 0 amide bonds. The first-order chi connectivity index (χ1) is 7.77. The van der Waals surface area contributed by atoms with Crippen LogP contribution in [0.15, 0.2) is 48.5 Å². The number of benzene rings is 2. The smallest absolute Gasteiger partial charge is 0.0224 e. The Morgan fingerprint density at radius 2 is 1.50 bits per heavy atom. The molecule has 0 saturated heterocycles. The van der Waals surface area contributed by atoms with Crippen molar-refractivity contribution in [3.8, 4) is 0 Å². The van der Waals surface area contributed by atoms with E-state index in [9.17, 15) is 0 Å². The summed E-state index contributed by atoms with van der Waals surface area (Å²) in [6, 6.07) is 16.8. The van der Waals surface area contributed by atoms with Crippen LogP contribution in [0.1, 0.15) is 22.3 Å². The van der Waals surface area contributed by atoms with Gasteiger partial charge in [-0.1, -0.05) is 60.7 Å². The molecule has 0 saturated carbocycles. The van der Waals surface area contributed by atoms with E-state index in [1.165, 1.54) is 22.3 Å². The maximum atomic E-state index is 2.18. The molecule has 0 atom stereocenters. The molecule has 0 fully saturated rings. The molecule has 0 radical (unpaired) electrons. The largest absolute Gasteiger partial charge is 0.0622 e. The highest BCUT2D eigenvalue weighted by atomic mass is 14.0. The van der Waals surface area contributed by atoms with Crippen molar-refractivity contribution in [3.63, 3.8) is 0 Å². The summed E-state index contributed by atoms with van der Waals surface area (Å²) in [5.41, 5.74) is 5.23. The summed E-state index contributed by atoms with van der Waals surface area (Å²) in [6.07, 6.45) is 4.33. The van der Waals surface area contributed by atoms with Crippen molar-refractivity contribution in [1.82, 2.24) is 0 Å². The summed E-state index contributed by atoms with van der Waals surface area (Å²) < 4.78 is 0. The molecule has 0 aliphatic rings. The second kappa shape index (κ2) is 4.80. The van der Waals surface area contributed by atoms with Crippen molar-refractivity contribution in [2.75, 3.05) is 0 Å². The monoisotopic (exact) mass is 208 g/mol. The van der Waals surface area contributed by atoms with Crippen LogP contribution in [0.2, 0.25) is 0 Å². The van der Waals surface area contributed by atoms with Crippen LogP contribution >= 0.6 is 0 Å². The Hall–Kier alpha value is -1.82. The molecule has 0 heteroatoms. The standard InChI is InChI=1S/C16H16/c1-13-7-6-10-16(14(13)2)12-11-15-8-4-3-5-9-15/h3-12H,1-2H3/b12-11+. The Kier molecular flexibility index (Phi) is 3.21. The average molecular weight is 208 g/mol. The quantitative estimate of drug-likeness (QED) is 0.638. The predicted molar refractivity (Wildman–Crippen MR) is 71.3 cm³/mol. The molecular formula is C16H16. The molecule has 2 aromatic rings. The Morgan fingerprint density at radius 3 is 2.25 bits per heavy atom. The summed E-state index contributed by atoms with van der Waals surface area (Å²) in [7, 11) is 0. The van der Waals surface area contributed by atoms with E-state index in [0.29, 0.717) is 0 Å². The predicted octanol–water partition coefficient (Wildman–Crippen LogP) is 4.47. The van der Waals surface area contributed by atoms with Gasteiger partial charge in [-0.15, -0.1) is 0 Å². The van der Waals surface area contributed by atoms with Gasteiger partial charge in [0.25, 0.3) is 0 Å². The summed E-state index contributed by atoms with van der Waals surface area (Å²) in [5, 5.41) is 0. The van der Waals surface area contributed by atoms with Crippen molar-refractivity contribution in [2.24, 2.45) is 0 Å². The molecular weight excluding hydrogens is 192 g/mol. The van der Waals surface area contributed by atoms with Gasteiger partial charge in [0.05, 0.1) is 0 Å². The van der Waals surface area contributed by atoms with Gasteiger partial charge in [-0.25, -0.2) is 0 Å². The van der Waals surface area contributed by atoms with E-state index < -0.39 is 0 Å². The third-order valence-electron chi connectivity index (χ3n) is 2.90. The van der Waals surface area contributed by atoms with E-state index in [0.717, 1.165) is 0 Å². The van der Waals surface area contributed by atoms with E-state index in [4.69, 9.17) is 0 Å². The van der Waals surface area contributed by atoms with Crippen molar-refractivity contribution < 1.29 is 0 Å². The second-order valence-electron chi connectivity index (χ2n) is 4.03. The first kappa shape index (κ1) is 10.7. The van der Waals surface area contributed by atoms with Crippen molar-refractivity contribution in [2.45, 2.75) is 13.8 Å². The highest BCUT2D eigenvalue weighted by Crippen LogP contribution is 2.15. The summed E-state index contributed by atoms with van der Waals surface area (Å²) >= 11 is 0. The van der Waals surface area contributed by atoms with Gasteiger partial charge < -0.3 is 0 Å². The van der Waals surface area contributed by atoms with Gasteiger partial charge in [-0.05, 0) is 36.1 Å². The SMILES string of the molecule is Cc1cccc(/C=C/c2ccccc2)c1C. The van der Waals surface area contributed by atoms with Gasteiger partial charge in [-0.3, -0.25) is 0 Å². The first-order valence-electron chi connectivity index (χ1n) is 5.57. The van der Waals surface area contributed by atoms with E-state index >= 15 is 0 Å². The maximum absolute atomic E-state index is 2.18. The van der Waals surface area contributed by atoms with Crippen LogP contribution in [0, 0.1) is 13.8 Å². The molecule has 0 heterocycles. The minimum Gasteiger partial charge on any atom is -0.0622 e. The lowest BCUT2D eigenvalue weighted by molar-refractivity contribution is 1.33. The minimum atomic E-state index is 1.24. The fourth-order valence-electron chi connectivity index (χ4n) is 1.70. The van der Waals surface area contributed by atoms with Crippen LogP contribution in [-0.2, 0) is 0 Å². The summed E-state index contributed by atoms with van der Waals surface area (Å²) in [6.45, 7) is 4.31. The average Bonchev–Trinajstić information content (AvgIpc) is 2.32. The van der Waals surface area contributed by atoms with Gasteiger partial charge in [-0.2, -0.15) is 0 Å². The molecule has 16 heavy (non-hydrogen) atoms. The molecule has 2 rings (SSSR count). The number of rotatable bonds is 2. The Labute approximate surface area is 97.3 Å².